The molecule has 94 valence electrons. The molecule has 0 spiro atoms. The Balaban J connectivity index is 2.06. The van der Waals surface area contributed by atoms with Crippen LogP contribution < -0.4 is 0 Å². The first-order chi connectivity index (χ1) is 8.24. The molecule has 1 aromatic rings. The van der Waals surface area contributed by atoms with Crippen LogP contribution in [0.15, 0.2) is 18.2 Å². The Bertz CT molecular complexity index is 362. The Hall–Kier alpha value is -0.820. The maximum Gasteiger partial charge on any atom is 0.0571 e. The quantitative estimate of drug-likeness (QED) is 0.757. The zero-order valence-electron chi connectivity index (χ0n) is 11.3. The summed E-state index contributed by atoms with van der Waals surface area (Å²) in [6.07, 6.45) is 6.64. The van der Waals surface area contributed by atoms with E-state index in [9.17, 15) is 0 Å². The topological polar surface area (TPSA) is 9.23 Å². The molecule has 0 radical (unpaired) electrons. The summed E-state index contributed by atoms with van der Waals surface area (Å²) in [5, 5.41) is 0. The Kier molecular flexibility index (Phi) is 4.22. The molecule has 0 heterocycles. The monoisotopic (exact) mass is 232 g/mol. The number of aryl methyl sites for hydroxylation is 2. The predicted octanol–water partition coefficient (Wildman–Crippen LogP) is 4.23. The largest absolute Gasteiger partial charge is 0.381 e. The van der Waals surface area contributed by atoms with Crippen LogP contribution in [0.3, 0.4) is 0 Å². The molecule has 0 amide bonds. The first-order valence-electron chi connectivity index (χ1n) is 6.86. The van der Waals surface area contributed by atoms with E-state index in [-0.39, 0.29) is 0 Å². The summed E-state index contributed by atoms with van der Waals surface area (Å²) < 4.78 is 5.44. The fourth-order valence-corrected chi connectivity index (χ4v) is 3.00. The third kappa shape index (κ3) is 2.90. The molecule has 1 nitrogen and oxygen atoms in total. The molecule has 0 unspecified atom stereocenters. The van der Waals surface area contributed by atoms with Crippen LogP contribution in [0, 0.1) is 6.92 Å². The van der Waals surface area contributed by atoms with Gasteiger partial charge in [-0.2, -0.15) is 0 Å². The normalized spacial score (nSPS) is 24.9. The minimum atomic E-state index is 0.502. The maximum atomic E-state index is 5.44. The van der Waals surface area contributed by atoms with E-state index in [4.69, 9.17) is 4.74 Å². The molecule has 2 rings (SSSR count). The molecule has 1 heteroatoms. The van der Waals surface area contributed by atoms with Crippen LogP contribution in [0.5, 0.6) is 0 Å². The lowest BCUT2D eigenvalue weighted by Crippen LogP contribution is -2.19. The number of benzene rings is 1. The standard InChI is InChI=1S/C16H24O/c1-4-13-5-6-15(11-12(13)2)14-7-9-16(17-3)10-8-14/h5-6,11,14,16H,4,7-10H2,1-3H3/t14-,16-. The van der Waals surface area contributed by atoms with Gasteiger partial charge in [-0.25, -0.2) is 0 Å². The molecule has 0 N–H and O–H groups in total. The van der Waals surface area contributed by atoms with Crippen LogP contribution in [0.25, 0.3) is 0 Å². The van der Waals surface area contributed by atoms with E-state index in [1.54, 1.807) is 0 Å². The highest BCUT2D eigenvalue weighted by Gasteiger charge is 2.22. The van der Waals surface area contributed by atoms with Gasteiger partial charge in [0.15, 0.2) is 0 Å². The molecule has 0 atom stereocenters. The fourth-order valence-electron chi connectivity index (χ4n) is 3.00. The van der Waals surface area contributed by atoms with Gasteiger partial charge in [0, 0.05) is 7.11 Å². The van der Waals surface area contributed by atoms with Crippen molar-refractivity contribution in [2.45, 2.75) is 58.0 Å². The fraction of sp³-hybridized carbons (Fsp3) is 0.625. The average molecular weight is 232 g/mol. The van der Waals surface area contributed by atoms with Gasteiger partial charge in [0.05, 0.1) is 6.10 Å². The summed E-state index contributed by atoms with van der Waals surface area (Å²) in [5.41, 5.74) is 4.48. The summed E-state index contributed by atoms with van der Waals surface area (Å²) >= 11 is 0. The lowest BCUT2D eigenvalue weighted by atomic mass is 9.82. The zero-order chi connectivity index (χ0) is 12.3. The summed E-state index contributed by atoms with van der Waals surface area (Å²) in [7, 11) is 1.84. The van der Waals surface area contributed by atoms with E-state index in [1.807, 2.05) is 7.11 Å². The van der Waals surface area contributed by atoms with Crippen molar-refractivity contribution in [3.05, 3.63) is 34.9 Å². The van der Waals surface area contributed by atoms with Gasteiger partial charge in [0.2, 0.25) is 0 Å². The number of rotatable bonds is 3. The molecule has 0 bridgehead atoms. The van der Waals surface area contributed by atoms with Gasteiger partial charge < -0.3 is 4.74 Å². The Morgan fingerprint density at radius 1 is 1.18 bits per heavy atom. The first-order valence-corrected chi connectivity index (χ1v) is 6.86. The third-order valence-electron chi connectivity index (χ3n) is 4.23. The first kappa shape index (κ1) is 12.6. The van der Waals surface area contributed by atoms with Crippen LogP contribution in [0.2, 0.25) is 0 Å². The molecule has 1 fully saturated rings. The van der Waals surface area contributed by atoms with Crippen molar-refractivity contribution in [1.29, 1.82) is 0 Å². The van der Waals surface area contributed by atoms with Crippen molar-refractivity contribution < 1.29 is 4.74 Å². The van der Waals surface area contributed by atoms with Crippen molar-refractivity contribution in [2.24, 2.45) is 0 Å². The summed E-state index contributed by atoms with van der Waals surface area (Å²) in [4.78, 5) is 0. The number of hydrogen-bond donors (Lipinski definition) is 0. The SMILES string of the molecule is CCc1ccc([C@H]2CC[C@H](OC)CC2)cc1C. The molecular weight excluding hydrogens is 208 g/mol. The van der Waals surface area contributed by atoms with E-state index in [2.05, 4.69) is 32.0 Å². The molecule has 0 saturated heterocycles. The molecular formula is C16H24O. The minimum Gasteiger partial charge on any atom is -0.381 e. The summed E-state index contributed by atoms with van der Waals surface area (Å²) in [6, 6.07) is 7.05. The van der Waals surface area contributed by atoms with Crippen LogP contribution >= 0.6 is 0 Å². The van der Waals surface area contributed by atoms with Gasteiger partial charge in [-0.1, -0.05) is 25.1 Å². The van der Waals surface area contributed by atoms with Gasteiger partial charge in [-0.05, 0) is 61.6 Å². The van der Waals surface area contributed by atoms with Crippen molar-refractivity contribution >= 4 is 0 Å². The minimum absolute atomic E-state index is 0.502. The zero-order valence-corrected chi connectivity index (χ0v) is 11.3. The molecule has 1 saturated carbocycles. The Labute approximate surface area is 105 Å². The number of ether oxygens (including phenoxy) is 1. The Morgan fingerprint density at radius 3 is 2.41 bits per heavy atom. The van der Waals surface area contributed by atoms with Gasteiger partial charge >= 0.3 is 0 Å². The summed E-state index contributed by atoms with van der Waals surface area (Å²) in [6.45, 7) is 4.47. The molecule has 0 aliphatic heterocycles. The number of hydrogen-bond acceptors (Lipinski definition) is 1. The van der Waals surface area contributed by atoms with Crippen molar-refractivity contribution in [3.63, 3.8) is 0 Å². The van der Waals surface area contributed by atoms with Crippen molar-refractivity contribution in [1.82, 2.24) is 0 Å². The smallest absolute Gasteiger partial charge is 0.0571 e. The lowest BCUT2D eigenvalue weighted by Gasteiger charge is -2.28. The van der Waals surface area contributed by atoms with Crippen molar-refractivity contribution in [3.8, 4) is 0 Å². The van der Waals surface area contributed by atoms with Gasteiger partial charge in [0.1, 0.15) is 0 Å². The van der Waals surface area contributed by atoms with Crippen LogP contribution in [-0.2, 0) is 11.2 Å². The lowest BCUT2D eigenvalue weighted by molar-refractivity contribution is 0.0658. The molecule has 17 heavy (non-hydrogen) atoms. The van der Waals surface area contributed by atoms with Crippen LogP contribution in [0.4, 0.5) is 0 Å². The second-order valence-corrected chi connectivity index (χ2v) is 5.25. The molecule has 0 aromatic heterocycles. The van der Waals surface area contributed by atoms with Crippen molar-refractivity contribution in [2.75, 3.05) is 7.11 Å². The highest BCUT2D eigenvalue weighted by Crippen LogP contribution is 2.34. The Morgan fingerprint density at radius 2 is 1.88 bits per heavy atom. The average Bonchev–Trinajstić information content (AvgIpc) is 2.39. The second kappa shape index (κ2) is 5.68. The van der Waals surface area contributed by atoms with Gasteiger partial charge in [-0.15, -0.1) is 0 Å². The van der Waals surface area contributed by atoms with E-state index in [0.29, 0.717) is 6.10 Å². The van der Waals surface area contributed by atoms with E-state index >= 15 is 0 Å². The molecule has 1 aliphatic carbocycles. The number of methoxy groups -OCH3 is 1. The van der Waals surface area contributed by atoms with E-state index < -0.39 is 0 Å². The highest BCUT2D eigenvalue weighted by atomic mass is 16.5. The van der Waals surface area contributed by atoms with Gasteiger partial charge in [-0.3, -0.25) is 0 Å². The van der Waals surface area contributed by atoms with E-state index in [1.165, 1.54) is 42.4 Å². The summed E-state index contributed by atoms with van der Waals surface area (Å²) in [5.74, 6) is 0.756. The maximum absolute atomic E-state index is 5.44. The second-order valence-electron chi connectivity index (χ2n) is 5.25. The third-order valence-corrected chi connectivity index (χ3v) is 4.23. The molecule has 1 aromatic carbocycles. The van der Waals surface area contributed by atoms with Crippen LogP contribution in [0.1, 0.15) is 55.2 Å². The highest BCUT2D eigenvalue weighted by molar-refractivity contribution is 5.33. The molecule has 1 aliphatic rings. The van der Waals surface area contributed by atoms with Gasteiger partial charge in [0.25, 0.3) is 0 Å². The van der Waals surface area contributed by atoms with E-state index in [0.717, 1.165) is 12.3 Å². The van der Waals surface area contributed by atoms with Crippen LogP contribution in [-0.4, -0.2) is 13.2 Å². The predicted molar refractivity (Wildman–Crippen MR) is 72.6 cm³/mol.